The standard InChI is InChI=1S/C30H26O14/c31-15-5-1-13(2-6-15)3-8-22(36)41-12-21-24(37)26(39)27(40)30(43-21)44-29-25(38)23-19(35)10-16(32)11-20(23)42-28(29)14-4-7-17(33)18(34)9-14/h1-11,21,24,26-27,30-35,37,39-40H,12H2/t21-,24+,26+,27-,30+/m1/s1. The Labute approximate surface area is 247 Å². The van der Waals surface area contributed by atoms with E-state index in [1.165, 1.54) is 24.3 Å². The number of ether oxygens (including phenoxy) is 3. The summed E-state index contributed by atoms with van der Waals surface area (Å²) in [6.45, 7) is -0.616. The van der Waals surface area contributed by atoms with E-state index >= 15 is 0 Å². The van der Waals surface area contributed by atoms with Gasteiger partial charge in [0.25, 0.3) is 0 Å². The molecule has 44 heavy (non-hydrogen) atoms. The van der Waals surface area contributed by atoms with Gasteiger partial charge < -0.3 is 59.5 Å². The number of aliphatic hydroxyl groups excluding tert-OH is 3. The van der Waals surface area contributed by atoms with Crippen LogP contribution in [0.2, 0.25) is 0 Å². The minimum absolute atomic E-state index is 0.0195. The van der Waals surface area contributed by atoms with Gasteiger partial charge in [-0.1, -0.05) is 12.1 Å². The lowest BCUT2D eigenvalue weighted by Gasteiger charge is -2.39. The number of phenolic OH excluding ortho intramolecular Hbond substituents is 5. The van der Waals surface area contributed by atoms with Crippen LogP contribution < -0.4 is 10.2 Å². The predicted molar refractivity (Wildman–Crippen MR) is 150 cm³/mol. The second-order valence-corrected chi connectivity index (χ2v) is 9.82. The summed E-state index contributed by atoms with van der Waals surface area (Å²) in [5.41, 5.74) is -0.735. The number of phenols is 5. The summed E-state index contributed by atoms with van der Waals surface area (Å²) in [5.74, 6) is -4.08. The van der Waals surface area contributed by atoms with Gasteiger partial charge in [0.15, 0.2) is 17.3 Å². The van der Waals surface area contributed by atoms with Crippen molar-refractivity contribution in [2.45, 2.75) is 30.7 Å². The van der Waals surface area contributed by atoms with Crippen molar-refractivity contribution < 1.29 is 64.3 Å². The number of aromatic hydroxyl groups is 5. The zero-order valence-corrected chi connectivity index (χ0v) is 22.5. The summed E-state index contributed by atoms with van der Waals surface area (Å²) in [5, 5.41) is 80.6. The fourth-order valence-corrected chi connectivity index (χ4v) is 4.46. The van der Waals surface area contributed by atoms with E-state index in [2.05, 4.69) is 0 Å². The van der Waals surface area contributed by atoms with Crippen molar-refractivity contribution in [2.24, 2.45) is 0 Å². The fourth-order valence-electron chi connectivity index (χ4n) is 4.46. The monoisotopic (exact) mass is 610 g/mol. The molecule has 5 rings (SSSR count). The minimum atomic E-state index is -1.95. The quantitative estimate of drug-likeness (QED) is 0.0840. The zero-order valence-electron chi connectivity index (χ0n) is 22.5. The number of hydrogen-bond donors (Lipinski definition) is 8. The first-order valence-electron chi connectivity index (χ1n) is 13.0. The molecule has 1 saturated heterocycles. The Morgan fingerprint density at radius 2 is 1.55 bits per heavy atom. The van der Waals surface area contributed by atoms with Crippen molar-refractivity contribution in [3.63, 3.8) is 0 Å². The van der Waals surface area contributed by atoms with Crippen molar-refractivity contribution in [1.29, 1.82) is 0 Å². The van der Waals surface area contributed by atoms with Crippen LogP contribution in [0.3, 0.4) is 0 Å². The maximum Gasteiger partial charge on any atom is 0.330 e. The molecule has 1 fully saturated rings. The Balaban J connectivity index is 1.43. The normalized spacial score (nSPS) is 21.8. The molecule has 1 aliphatic rings. The first kappa shape index (κ1) is 30.2. The van der Waals surface area contributed by atoms with E-state index in [1.807, 2.05) is 0 Å². The summed E-state index contributed by atoms with van der Waals surface area (Å²) in [4.78, 5) is 25.8. The van der Waals surface area contributed by atoms with Gasteiger partial charge in [0, 0.05) is 23.8 Å². The Hall–Kier alpha value is -5.28. The summed E-state index contributed by atoms with van der Waals surface area (Å²) >= 11 is 0. The molecule has 0 radical (unpaired) electrons. The number of hydrogen-bond acceptors (Lipinski definition) is 14. The van der Waals surface area contributed by atoms with Crippen molar-refractivity contribution in [1.82, 2.24) is 0 Å². The highest BCUT2D eigenvalue weighted by atomic mass is 16.7. The van der Waals surface area contributed by atoms with E-state index in [0.717, 1.165) is 30.3 Å². The Morgan fingerprint density at radius 1 is 0.818 bits per heavy atom. The molecule has 14 nitrogen and oxygen atoms in total. The maximum atomic E-state index is 13.6. The molecule has 4 aromatic rings. The lowest BCUT2D eigenvalue weighted by atomic mass is 9.99. The van der Waals surface area contributed by atoms with E-state index < -0.39 is 82.8 Å². The molecule has 14 heteroatoms. The largest absolute Gasteiger partial charge is 0.508 e. The minimum Gasteiger partial charge on any atom is -0.508 e. The molecule has 0 bridgehead atoms. The van der Waals surface area contributed by atoms with Crippen LogP contribution >= 0.6 is 0 Å². The molecule has 3 aromatic carbocycles. The predicted octanol–water partition coefficient (Wildman–Crippen LogP) is 1.43. The van der Waals surface area contributed by atoms with Gasteiger partial charge >= 0.3 is 5.97 Å². The van der Waals surface area contributed by atoms with Gasteiger partial charge in [0.2, 0.25) is 17.5 Å². The first-order valence-corrected chi connectivity index (χ1v) is 13.0. The molecule has 2 heterocycles. The van der Waals surface area contributed by atoms with Crippen molar-refractivity contribution in [2.75, 3.05) is 6.61 Å². The van der Waals surface area contributed by atoms with Crippen molar-refractivity contribution in [3.05, 3.63) is 76.5 Å². The summed E-state index contributed by atoms with van der Waals surface area (Å²) in [6, 6.07) is 11.2. The van der Waals surface area contributed by atoms with E-state index in [1.54, 1.807) is 12.1 Å². The second kappa shape index (κ2) is 12.1. The fraction of sp³-hybridized carbons (Fsp3) is 0.200. The maximum absolute atomic E-state index is 13.6. The van der Waals surface area contributed by atoms with E-state index in [-0.39, 0.29) is 22.7 Å². The van der Waals surface area contributed by atoms with Crippen LogP contribution in [0.4, 0.5) is 0 Å². The topological polar surface area (TPSA) is 237 Å². The van der Waals surface area contributed by atoms with E-state index in [4.69, 9.17) is 18.6 Å². The van der Waals surface area contributed by atoms with Gasteiger partial charge in [-0.25, -0.2) is 4.79 Å². The number of rotatable bonds is 7. The molecule has 0 amide bonds. The van der Waals surface area contributed by atoms with Gasteiger partial charge in [0.05, 0.1) is 0 Å². The molecule has 1 aliphatic heterocycles. The molecular formula is C30H26O14. The van der Waals surface area contributed by atoms with Gasteiger partial charge in [0.1, 0.15) is 59.2 Å². The van der Waals surface area contributed by atoms with Crippen LogP contribution in [-0.2, 0) is 14.3 Å². The Bertz CT molecular complexity index is 1780. The third kappa shape index (κ3) is 6.09. The molecule has 0 unspecified atom stereocenters. The smallest absolute Gasteiger partial charge is 0.330 e. The van der Waals surface area contributed by atoms with Gasteiger partial charge in [-0.3, -0.25) is 4.79 Å². The highest BCUT2D eigenvalue weighted by Gasteiger charge is 2.46. The average molecular weight is 611 g/mol. The summed E-state index contributed by atoms with van der Waals surface area (Å²) in [7, 11) is 0. The number of carbonyl (C=O) groups is 1. The number of benzene rings is 3. The van der Waals surface area contributed by atoms with E-state index in [0.29, 0.717) is 5.56 Å². The molecular weight excluding hydrogens is 584 g/mol. The Kier molecular flexibility index (Phi) is 8.33. The number of aliphatic hydroxyl groups is 3. The molecule has 5 atom stereocenters. The third-order valence-electron chi connectivity index (χ3n) is 6.75. The Morgan fingerprint density at radius 3 is 2.25 bits per heavy atom. The molecule has 0 spiro atoms. The highest BCUT2D eigenvalue weighted by molar-refractivity contribution is 5.88. The van der Waals surface area contributed by atoms with Crippen molar-refractivity contribution >= 4 is 23.0 Å². The number of fused-ring (bicyclic) bond motifs is 1. The van der Waals surface area contributed by atoms with Crippen LogP contribution in [0.1, 0.15) is 5.56 Å². The average Bonchev–Trinajstić information content (AvgIpc) is 2.98. The number of esters is 1. The van der Waals surface area contributed by atoms with E-state index in [9.17, 15) is 50.4 Å². The lowest BCUT2D eigenvalue weighted by Crippen LogP contribution is -2.60. The van der Waals surface area contributed by atoms with Crippen LogP contribution in [0, 0.1) is 0 Å². The first-order chi connectivity index (χ1) is 20.9. The lowest BCUT2D eigenvalue weighted by molar-refractivity contribution is -0.278. The van der Waals surface area contributed by atoms with Crippen molar-refractivity contribution in [3.8, 4) is 45.8 Å². The molecule has 8 N–H and O–H groups in total. The van der Waals surface area contributed by atoms with Gasteiger partial charge in [-0.05, 0) is 42.0 Å². The summed E-state index contributed by atoms with van der Waals surface area (Å²) < 4.78 is 22.1. The second-order valence-electron chi connectivity index (χ2n) is 9.82. The van der Waals surface area contributed by atoms with Crippen LogP contribution in [0.15, 0.2) is 69.9 Å². The SMILES string of the molecule is O=C(C=Cc1ccc(O)cc1)OC[C@H]1O[C@@H](Oc2c(-c3ccc(O)c(O)c3)oc3cc(O)cc(O)c3c2=O)[C@H](O)[C@@H](O)[C@H]1O. The molecule has 230 valence electrons. The van der Waals surface area contributed by atoms with Crippen LogP contribution in [0.5, 0.6) is 34.5 Å². The molecule has 0 saturated carbocycles. The van der Waals surface area contributed by atoms with Crippen LogP contribution in [0.25, 0.3) is 28.4 Å². The third-order valence-corrected chi connectivity index (χ3v) is 6.75. The highest BCUT2D eigenvalue weighted by Crippen LogP contribution is 2.39. The van der Waals surface area contributed by atoms with Crippen LogP contribution in [-0.4, -0.2) is 84.1 Å². The molecule has 0 aliphatic carbocycles. The molecule has 1 aromatic heterocycles. The number of carbonyl (C=O) groups excluding carboxylic acids is 1. The summed E-state index contributed by atoms with van der Waals surface area (Å²) in [6.07, 6.45) is -6.45. The zero-order chi connectivity index (χ0) is 31.7. The van der Waals surface area contributed by atoms with Gasteiger partial charge in [-0.15, -0.1) is 0 Å². The van der Waals surface area contributed by atoms with Gasteiger partial charge in [-0.2, -0.15) is 0 Å².